The Kier molecular flexibility index (Phi) is 4.57. The summed E-state index contributed by atoms with van der Waals surface area (Å²) in [5.41, 5.74) is -6.28. The molecule has 0 saturated carbocycles. The molecule has 0 radical (unpaired) electrons. The van der Waals surface area contributed by atoms with Crippen molar-refractivity contribution in [2.45, 2.75) is 24.9 Å². The van der Waals surface area contributed by atoms with Crippen molar-refractivity contribution in [1.29, 1.82) is 0 Å². The van der Waals surface area contributed by atoms with Gasteiger partial charge in [-0.1, -0.05) is 12.1 Å². The Balaban J connectivity index is 3.32. The van der Waals surface area contributed by atoms with E-state index in [9.17, 15) is 36.2 Å². The van der Waals surface area contributed by atoms with Crippen molar-refractivity contribution in [2.75, 3.05) is 6.61 Å². The van der Waals surface area contributed by atoms with Crippen molar-refractivity contribution in [1.82, 2.24) is 0 Å². The van der Waals surface area contributed by atoms with E-state index in [0.29, 0.717) is 24.3 Å². The number of rotatable bonds is 3. The fourth-order valence-corrected chi connectivity index (χ4v) is 1.53. The number of ether oxygens (including phenoxy) is 1. The van der Waals surface area contributed by atoms with Gasteiger partial charge < -0.3 is 9.84 Å². The molecule has 1 rings (SSSR count). The fraction of sp³-hybridized carbons (Fsp3) is 0.417. The smallest absolute Gasteiger partial charge is 0.432 e. The van der Waals surface area contributed by atoms with Gasteiger partial charge >= 0.3 is 18.3 Å². The third-order valence-corrected chi connectivity index (χ3v) is 2.61. The molecule has 0 amide bonds. The maximum absolute atomic E-state index is 12.9. The lowest BCUT2D eigenvalue weighted by Gasteiger charge is -2.28. The number of benzene rings is 1. The van der Waals surface area contributed by atoms with E-state index in [1.165, 1.54) is 6.92 Å². The Morgan fingerprint density at radius 2 is 1.48 bits per heavy atom. The van der Waals surface area contributed by atoms with Gasteiger partial charge in [-0.25, -0.2) is 4.79 Å². The molecule has 0 heterocycles. The summed E-state index contributed by atoms with van der Waals surface area (Å²) in [5.74, 6) is -2.00. The summed E-state index contributed by atoms with van der Waals surface area (Å²) in [5, 5.41) is 9.63. The number of aliphatic hydroxyl groups is 1. The number of hydrogen-bond acceptors (Lipinski definition) is 3. The van der Waals surface area contributed by atoms with E-state index in [1.807, 2.05) is 0 Å². The molecule has 0 aliphatic rings. The van der Waals surface area contributed by atoms with E-state index in [4.69, 9.17) is 0 Å². The summed E-state index contributed by atoms with van der Waals surface area (Å²) in [6, 6.07) is 1.44. The highest BCUT2D eigenvalue weighted by Gasteiger charge is 2.62. The van der Waals surface area contributed by atoms with E-state index in [0.717, 1.165) is 0 Å². The minimum Gasteiger partial charge on any atom is -0.463 e. The Labute approximate surface area is 115 Å². The molecule has 3 nitrogen and oxygen atoms in total. The van der Waals surface area contributed by atoms with Gasteiger partial charge in [0.15, 0.2) is 0 Å². The molecule has 0 bridgehead atoms. The third kappa shape index (κ3) is 3.29. The van der Waals surface area contributed by atoms with Gasteiger partial charge in [0, 0.05) is 5.56 Å². The first kappa shape index (κ1) is 17.3. The number of hydrogen-bond donors (Lipinski definition) is 1. The van der Waals surface area contributed by atoms with Crippen LogP contribution >= 0.6 is 0 Å². The van der Waals surface area contributed by atoms with E-state index < -0.39 is 41.7 Å². The average molecular weight is 316 g/mol. The van der Waals surface area contributed by atoms with Gasteiger partial charge in [0.05, 0.1) is 12.2 Å². The highest BCUT2D eigenvalue weighted by molar-refractivity contribution is 5.82. The highest BCUT2D eigenvalue weighted by atomic mass is 19.4. The summed E-state index contributed by atoms with van der Waals surface area (Å²) < 4.78 is 80.0. The van der Waals surface area contributed by atoms with E-state index in [-0.39, 0.29) is 0 Å². The van der Waals surface area contributed by atoms with Crippen molar-refractivity contribution >= 4 is 5.97 Å². The van der Waals surface area contributed by atoms with Crippen molar-refractivity contribution < 1.29 is 41.0 Å². The first-order chi connectivity index (χ1) is 9.44. The monoisotopic (exact) mass is 316 g/mol. The van der Waals surface area contributed by atoms with E-state index >= 15 is 0 Å². The molecule has 1 aromatic carbocycles. The first-order valence-corrected chi connectivity index (χ1v) is 5.58. The largest absolute Gasteiger partial charge is 0.463 e. The number of carbonyl (C=O) groups is 1. The molecule has 0 fully saturated rings. The van der Waals surface area contributed by atoms with Gasteiger partial charge in [0.2, 0.25) is 0 Å². The quantitative estimate of drug-likeness (QED) is 0.689. The molecular weight excluding hydrogens is 306 g/mol. The van der Waals surface area contributed by atoms with Crippen LogP contribution in [-0.2, 0) is 21.3 Å². The Morgan fingerprint density at radius 1 is 1.05 bits per heavy atom. The number of carbonyl (C=O) groups excluding carboxylic acids is 1. The van der Waals surface area contributed by atoms with Crippen LogP contribution < -0.4 is 0 Å². The number of halogens is 6. The van der Waals surface area contributed by atoms with E-state index in [2.05, 4.69) is 4.74 Å². The molecule has 1 aromatic rings. The Morgan fingerprint density at radius 3 is 1.81 bits per heavy atom. The molecule has 9 heteroatoms. The lowest BCUT2D eigenvalue weighted by molar-refractivity contribution is -0.267. The fourth-order valence-electron chi connectivity index (χ4n) is 1.53. The van der Waals surface area contributed by atoms with Gasteiger partial charge in [0.25, 0.3) is 5.60 Å². The topological polar surface area (TPSA) is 46.5 Å². The molecule has 118 valence electrons. The molecular formula is C12H10F6O3. The lowest BCUT2D eigenvalue weighted by Crippen LogP contribution is -2.50. The average Bonchev–Trinajstić information content (AvgIpc) is 2.35. The molecule has 0 aliphatic carbocycles. The zero-order chi connectivity index (χ0) is 16.5. The summed E-state index contributed by atoms with van der Waals surface area (Å²) >= 11 is 0. The van der Waals surface area contributed by atoms with Crippen LogP contribution in [0.25, 0.3) is 0 Å². The second-order valence-electron chi connectivity index (χ2n) is 4.00. The van der Waals surface area contributed by atoms with Gasteiger partial charge in [-0.05, 0) is 19.1 Å². The first-order valence-electron chi connectivity index (χ1n) is 5.58. The van der Waals surface area contributed by atoms with Crippen LogP contribution in [0.1, 0.15) is 18.1 Å². The Bertz CT molecular complexity index is 505. The van der Waals surface area contributed by atoms with Crippen molar-refractivity contribution in [3.05, 3.63) is 35.4 Å². The summed E-state index contributed by atoms with van der Waals surface area (Å²) in [7, 11) is 0. The van der Waals surface area contributed by atoms with Crippen LogP contribution in [0.4, 0.5) is 26.3 Å². The van der Waals surface area contributed by atoms with Crippen LogP contribution in [0.2, 0.25) is 0 Å². The minimum absolute atomic E-state index is 0.339. The second-order valence-corrected chi connectivity index (χ2v) is 4.00. The molecule has 0 aliphatic heterocycles. The Hall–Kier alpha value is -1.77. The standard InChI is InChI=1S/C12H10F6O3/c1-2-21-9(19)10(20,12(16,17)18)7-3-5-8(6-4-7)11(13,14)15/h3-6,20H,2H2,1H3. The maximum atomic E-state index is 12.9. The summed E-state index contributed by atoms with van der Waals surface area (Å²) in [6.07, 6.45) is -10.2. The molecule has 1 unspecified atom stereocenters. The van der Waals surface area contributed by atoms with Crippen LogP contribution in [0.3, 0.4) is 0 Å². The number of esters is 1. The second kappa shape index (κ2) is 5.55. The third-order valence-electron chi connectivity index (χ3n) is 2.61. The predicted octanol–water partition coefficient (Wildman–Crippen LogP) is 3.02. The molecule has 1 atom stereocenters. The summed E-state index contributed by atoms with van der Waals surface area (Å²) in [4.78, 5) is 11.4. The molecule has 21 heavy (non-hydrogen) atoms. The van der Waals surface area contributed by atoms with Crippen LogP contribution in [0.15, 0.2) is 24.3 Å². The minimum atomic E-state index is -5.45. The van der Waals surface area contributed by atoms with Gasteiger partial charge in [-0.15, -0.1) is 0 Å². The number of alkyl halides is 6. The zero-order valence-electron chi connectivity index (χ0n) is 10.5. The van der Waals surface area contributed by atoms with Crippen LogP contribution in [0, 0.1) is 0 Å². The zero-order valence-corrected chi connectivity index (χ0v) is 10.5. The van der Waals surface area contributed by atoms with Crippen LogP contribution in [-0.4, -0.2) is 23.9 Å². The van der Waals surface area contributed by atoms with Crippen molar-refractivity contribution in [3.8, 4) is 0 Å². The predicted molar refractivity (Wildman–Crippen MR) is 58.0 cm³/mol. The van der Waals surface area contributed by atoms with Crippen molar-refractivity contribution in [3.63, 3.8) is 0 Å². The SMILES string of the molecule is CCOC(=O)C(O)(c1ccc(C(F)(F)F)cc1)C(F)(F)F. The van der Waals surface area contributed by atoms with Crippen LogP contribution in [0.5, 0.6) is 0 Å². The van der Waals surface area contributed by atoms with Gasteiger partial charge in [-0.2, -0.15) is 26.3 Å². The van der Waals surface area contributed by atoms with Gasteiger partial charge in [0.1, 0.15) is 0 Å². The maximum Gasteiger partial charge on any atom is 0.432 e. The molecule has 0 saturated heterocycles. The van der Waals surface area contributed by atoms with Crippen molar-refractivity contribution in [2.24, 2.45) is 0 Å². The summed E-state index contributed by atoms with van der Waals surface area (Å²) in [6.45, 7) is 0.791. The molecule has 1 N–H and O–H groups in total. The van der Waals surface area contributed by atoms with E-state index in [1.54, 1.807) is 0 Å². The van der Waals surface area contributed by atoms with Gasteiger partial charge in [-0.3, -0.25) is 0 Å². The lowest BCUT2D eigenvalue weighted by atomic mass is 9.92. The highest BCUT2D eigenvalue weighted by Crippen LogP contribution is 2.41. The molecule has 0 aromatic heterocycles. The molecule has 0 spiro atoms. The normalized spacial score (nSPS) is 15.4.